The average molecular weight is 379 g/mol. The Morgan fingerprint density at radius 2 is 1.88 bits per heavy atom. The number of hydrogen-bond donors (Lipinski definition) is 1. The maximum Gasteiger partial charge on any atom is 0.341 e. The Balaban J connectivity index is 2.04. The normalized spacial score (nSPS) is 15.7. The molecule has 0 saturated carbocycles. The van der Waals surface area contributed by atoms with Gasteiger partial charge < -0.3 is 14.6 Å². The summed E-state index contributed by atoms with van der Waals surface area (Å²) in [7, 11) is 0. The largest absolute Gasteiger partial charge is 0.482 e. The second-order valence-corrected chi connectivity index (χ2v) is 6.55. The van der Waals surface area contributed by atoms with Crippen LogP contribution in [0.3, 0.4) is 0 Å². The van der Waals surface area contributed by atoms with E-state index < -0.39 is 36.2 Å². The summed E-state index contributed by atoms with van der Waals surface area (Å²) < 4.78 is 9.96. The molecule has 1 aliphatic rings. The lowest BCUT2D eigenvalue weighted by Crippen LogP contribution is -2.35. The first-order chi connectivity index (χ1) is 12.3. The average Bonchev–Trinajstić information content (AvgIpc) is 2.81. The summed E-state index contributed by atoms with van der Waals surface area (Å²) in [5, 5.41) is 8.03. The number of nitrogens with zero attached hydrogens (tertiary/aromatic N) is 1. The number of carboxylic acids is 1. The zero-order valence-electron chi connectivity index (χ0n) is 14.1. The van der Waals surface area contributed by atoms with Crippen molar-refractivity contribution in [1.82, 2.24) is 4.90 Å². The lowest BCUT2D eigenvalue weighted by atomic mass is 10.2. The SMILES string of the molecule is CC(C)OC(=O)CN1C(=O)S/C(=C\c2ccc(OCC(=O)O)cc2)C1=O. The Hall–Kier alpha value is -2.81. The fourth-order valence-corrected chi connectivity index (χ4v) is 2.86. The summed E-state index contributed by atoms with van der Waals surface area (Å²) in [5.41, 5.74) is 0.628. The van der Waals surface area contributed by atoms with Crippen LogP contribution in [0, 0.1) is 0 Å². The molecular weight excluding hydrogens is 362 g/mol. The van der Waals surface area contributed by atoms with Gasteiger partial charge in [-0.15, -0.1) is 0 Å². The lowest BCUT2D eigenvalue weighted by molar-refractivity contribution is -0.149. The molecule has 9 heteroatoms. The van der Waals surface area contributed by atoms with Gasteiger partial charge in [0.05, 0.1) is 11.0 Å². The summed E-state index contributed by atoms with van der Waals surface area (Å²) in [6.45, 7) is 2.47. The Morgan fingerprint density at radius 1 is 1.23 bits per heavy atom. The number of rotatable bonds is 7. The first-order valence-corrected chi connectivity index (χ1v) is 8.47. The number of aliphatic carboxylic acids is 1. The van der Waals surface area contributed by atoms with Gasteiger partial charge in [-0.3, -0.25) is 19.3 Å². The van der Waals surface area contributed by atoms with Crippen molar-refractivity contribution in [3.8, 4) is 5.75 Å². The van der Waals surface area contributed by atoms with E-state index in [9.17, 15) is 19.2 Å². The van der Waals surface area contributed by atoms with Gasteiger partial charge >= 0.3 is 11.9 Å². The van der Waals surface area contributed by atoms with Gasteiger partial charge in [0.2, 0.25) is 0 Å². The molecule has 2 rings (SSSR count). The summed E-state index contributed by atoms with van der Waals surface area (Å²) in [6.07, 6.45) is 1.18. The minimum atomic E-state index is -1.08. The number of esters is 1. The molecule has 1 N–H and O–H groups in total. The number of thioether (sulfide) groups is 1. The van der Waals surface area contributed by atoms with Crippen LogP contribution in [0.25, 0.3) is 6.08 Å². The predicted octanol–water partition coefficient (Wildman–Crippen LogP) is 2.14. The third kappa shape index (κ3) is 5.35. The summed E-state index contributed by atoms with van der Waals surface area (Å²) in [5.74, 6) is -1.93. The van der Waals surface area contributed by atoms with Crippen LogP contribution >= 0.6 is 11.8 Å². The van der Waals surface area contributed by atoms with Gasteiger partial charge in [0.25, 0.3) is 11.1 Å². The molecule has 1 aromatic carbocycles. The fraction of sp³-hybridized carbons (Fsp3) is 0.294. The molecule has 2 amide bonds. The second-order valence-electron chi connectivity index (χ2n) is 5.56. The molecule has 1 aliphatic heterocycles. The van der Waals surface area contributed by atoms with Gasteiger partial charge in [-0.05, 0) is 49.4 Å². The number of imide groups is 1. The Labute approximate surface area is 153 Å². The van der Waals surface area contributed by atoms with E-state index in [-0.39, 0.29) is 11.0 Å². The van der Waals surface area contributed by atoms with Crippen molar-refractivity contribution < 1.29 is 33.8 Å². The molecule has 0 aliphatic carbocycles. The molecule has 0 bridgehead atoms. The fourth-order valence-electron chi connectivity index (χ4n) is 2.02. The predicted molar refractivity (Wildman–Crippen MR) is 93.5 cm³/mol. The molecule has 138 valence electrons. The van der Waals surface area contributed by atoms with Crippen LogP contribution in [0.5, 0.6) is 5.75 Å². The third-order valence-corrected chi connectivity index (χ3v) is 3.98. The first-order valence-electron chi connectivity index (χ1n) is 7.65. The van der Waals surface area contributed by atoms with E-state index in [2.05, 4.69) is 0 Å². The van der Waals surface area contributed by atoms with Crippen LogP contribution in [-0.2, 0) is 19.1 Å². The quantitative estimate of drug-likeness (QED) is 0.567. The molecule has 26 heavy (non-hydrogen) atoms. The molecule has 0 spiro atoms. The van der Waals surface area contributed by atoms with Crippen molar-refractivity contribution in [2.75, 3.05) is 13.2 Å². The molecule has 0 aromatic heterocycles. The summed E-state index contributed by atoms with van der Waals surface area (Å²) >= 11 is 0.738. The first kappa shape index (κ1) is 19.5. The van der Waals surface area contributed by atoms with Crippen LogP contribution in [0.4, 0.5) is 4.79 Å². The molecule has 1 heterocycles. The van der Waals surface area contributed by atoms with Crippen molar-refractivity contribution in [2.24, 2.45) is 0 Å². The number of carbonyl (C=O) groups excluding carboxylic acids is 3. The lowest BCUT2D eigenvalue weighted by Gasteiger charge is -2.13. The third-order valence-electron chi connectivity index (χ3n) is 3.07. The van der Waals surface area contributed by atoms with Crippen LogP contribution in [0.15, 0.2) is 29.2 Å². The highest BCUT2D eigenvalue weighted by Crippen LogP contribution is 2.32. The van der Waals surface area contributed by atoms with Crippen molar-refractivity contribution in [2.45, 2.75) is 20.0 Å². The molecule has 1 saturated heterocycles. The minimum absolute atomic E-state index is 0.187. The second kappa shape index (κ2) is 8.52. The number of benzene rings is 1. The van der Waals surface area contributed by atoms with Gasteiger partial charge in [-0.2, -0.15) is 0 Å². The maximum atomic E-state index is 12.3. The van der Waals surface area contributed by atoms with Crippen molar-refractivity contribution >= 4 is 40.9 Å². The maximum absolute atomic E-state index is 12.3. The van der Waals surface area contributed by atoms with Gasteiger partial charge in [0.1, 0.15) is 12.3 Å². The molecule has 0 radical (unpaired) electrons. The number of amides is 2. The molecular formula is C17H17NO7S. The van der Waals surface area contributed by atoms with Gasteiger partial charge in [-0.1, -0.05) is 12.1 Å². The van der Waals surface area contributed by atoms with E-state index in [4.69, 9.17) is 14.6 Å². The monoisotopic (exact) mass is 379 g/mol. The van der Waals surface area contributed by atoms with E-state index in [0.717, 1.165) is 16.7 Å². The minimum Gasteiger partial charge on any atom is -0.482 e. The van der Waals surface area contributed by atoms with Crippen LogP contribution in [0.2, 0.25) is 0 Å². The number of carbonyl (C=O) groups is 4. The Bertz CT molecular complexity index is 755. The van der Waals surface area contributed by atoms with E-state index in [1.807, 2.05) is 0 Å². The van der Waals surface area contributed by atoms with E-state index in [1.165, 1.54) is 6.08 Å². The number of ether oxygens (including phenoxy) is 2. The van der Waals surface area contributed by atoms with Gasteiger partial charge in [0.15, 0.2) is 6.61 Å². The summed E-state index contributed by atoms with van der Waals surface area (Å²) in [6, 6.07) is 6.36. The smallest absolute Gasteiger partial charge is 0.341 e. The summed E-state index contributed by atoms with van der Waals surface area (Å²) in [4.78, 5) is 47.4. The Kier molecular flexibility index (Phi) is 6.40. The van der Waals surface area contributed by atoms with E-state index >= 15 is 0 Å². The molecule has 8 nitrogen and oxygen atoms in total. The molecule has 0 atom stereocenters. The molecule has 1 fully saturated rings. The zero-order chi connectivity index (χ0) is 19.3. The Morgan fingerprint density at radius 3 is 2.46 bits per heavy atom. The van der Waals surface area contributed by atoms with E-state index in [1.54, 1.807) is 38.1 Å². The number of carboxylic acid groups (broad SMARTS) is 1. The molecule has 1 aromatic rings. The zero-order valence-corrected chi connectivity index (χ0v) is 14.9. The highest BCUT2D eigenvalue weighted by atomic mass is 32.2. The van der Waals surface area contributed by atoms with Gasteiger partial charge in [0, 0.05) is 0 Å². The van der Waals surface area contributed by atoms with Crippen LogP contribution in [0.1, 0.15) is 19.4 Å². The van der Waals surface area contributed by atoms with Gasteiger partial charge in [-0.25, -0.2) is 4.79 Å². The highest BCUT2D eigenvalue weighted by Gasteiger charge is 2.36. The van der Waals surface area contributed by atoms with Crippen LogP contribution in [-0.4, -0.2) is 52.3 Å². The van der Waals surface area contributed by atoms with Crippen LogP contribution < -0.4 is 4.74 Å². The number of hydrogen-bond acceptors (Lipinski definition) is 7. The van der Waals surface area contributed by atoms with Crippen molar-refractivity contribution in [3.63, 3.8) is 0 Å². The highest BCUT2D eigenvalue weighted by molar-refractivity contribution is 8.18. The van der Waals surface area contributed by atoms with E-state index in [0.29, 0.717) is 11.3 Å². The topological polar surface area (TPSA) is 110 Å². The van der Waals surface area contributed by atoms with Crippen molar-refractivity contribution in [1.29, 1.82) is 0 Å². The molecule has 0 unspecified atom stereocenters. The standard InChI is InChI=1S/C17H17NO7S/c1-10(2)25-15(21)8-18-16(22)13(26-17(18)23)7-11-3-5-12(6-4-11)24-9-14(19)20/h3-7,10H,8-9H2,1-2H3,(H,19,20)/b13-7-. The van der Waals surface area contributed by atoms with Crippen molar-refractivity contribution in [3.05, 3.63) is 34.7 Å².